The molecule has 88 valence electrons. The van der Waals surface area contributed by atoms with Crippen LogP contribution >= 0.6 is 11.8 Å². The zero-order chi connectivity index (χ0) is 11.8. The van der Waals surface area contributed by atoms with E-state index in [-0.39, 0.29) is 5.91 Å². The van der Waals surface area contributed by atoms with Gasteiger partial charge in [-0.25, -0.2) is 4.98 Å². The fourth-order valence-electron chi connectivity index (χ4n) is 1.07. The van der Waals surface area contributed by atoms with Crippen molar-refractivity contribution in [2.45, 2.75) is 24.8 Å². The fourth-order valence-corrected chi connectivity index (χ4v) is 1.74. The number of unbranched alkanes of at least 4 members (excludes halogenated alkanes) is 1. The number of nitrogens with one attached hydrogen (secondary N) is 1. The number of carbonyl (C=O) groups excluding carboxylic acids is 1. The van der Waals surface area contributed by atoms with Crippen molar-refractivity contribution in [2.75, 3.05) is 18.0 Å². The van der Waals surface area contributed by atoms with Crippen molar-refractivity contribution in [2.24, 2.45) is 0 Å². The molecule has 0 aliphatic carbocycles. The quantitative estimate of drug-likeness (QED) is 0.585. The van der Waals surface area contributed by atoms with Gasteiger partial charge in [-0.3, -0.25) is 4.79 Å². The molecule has 1 heterocycles. The van der Waals surface area contributed by atoms with Gasteiger partial charge in [0.2, 0.25) is 5.91 Å². The molecular weight excluding hydrogens is 222 g/mol. The molecule has 16 heavy (non-hydrogen) atoms. The molecule has 1 aromatic rings. The summed E-state index contributed by atoms with van der Waals surface area (Å²) >= 11 is 1.42. The lowest BCUT2D eigenvalue weighted by Gasteiger charge is -2.03. The third kappa shape index (κ3) is 5.02. The summed E-state index contributed by atoms with van der Waals surface area (Å²) in [5, 5.41) is 3.67. The van der Waals surface area contributed by atoms with Gasteiger partial charge < -0.3 is 11.1 Å². The van der Waals surface area contributed by atoms with Crippen molar-refractivity contribution in [3.8, 4) is 0 Å². The summed E-state index contributed by atoms with van der Waals surface area (Å²) in [5.74, 6) is 0.456. The highest BCUT2D eigenvalue weighted by molar-refractivity contribution is 7.99. The Morgan fingerprint density at radius 2 is 2.38 bits per heavy atom. The van der Waals surface area contributed by atoms with Gasteiger partial charge in [-0.15, -0.1) is 0 Å². The van der Waals surface area contributed by atoms with Crippen LogP contribution in [0.4, 0.5) is 5.69 Å². The van der Waals surface area contributed by atoms with E-state index in [0.29, 0.717) is 11.4 Å². The van der Waals surface area contributed by atoms with E-state index in [1.807, 2.05) is 6.07 Å². The molecular formula is C11H17N3OS. The Labute approximate surface area is 100 Å². The van der Waals surface area contributed by atoms with E-state index in [4.69, 9.17) is 5.73 Å². The number of hydrogen-bond acceptors (Lipinski definition) is 4. The van der Waals surface area contributed by atoms with E-state index in [1.165, 1.54) is 11.8 Å². The predicted molar refractivity (Wildman–Crippen MR) is 67.3 cm³/mol. The number of rotatable bonds is 6. The van der Waals surface area contributed by atoms with Gasteiger partial charge in [-0.1, -0.05) is 25.1 Å². The number of aromatic nitrogens is 1. The highest BCUT2D eigenvalue weighted by Crippen LogP contribution is 2.15. The van der Waals surface area contributed by atoms with Crippen molar-refractivity contribution in [1.29, 1.82) is 0 Å². The van der Waals surface area contributed by atoms with Crippen LogP contribution < -0.4 is 11.1 Å². The van der Waals surface area contributed by atoms with Crippen molar-refractivity contribution >= 4 is 23.4 Å². The van der Waals surface area contributed by atoms with Crippen LogP contribution in [-0.2, 0) is 4.79 Å². The second-order valence-corrected chi connectivity index (χ2v) is 4.42. The number of pyridine rings is 1. The Morgan fingerprint density at radius 3 is 3.00 bits per heavy atom. The van der Waals surface area contributed by atoms with Crippen LogP contribution in [-0.4, -0.2) is 23.2 Å². The molecule has 0 saturated heterocycles. The molecule has 0 aliphatic heterocycles. The van der Waals surface area contributed by atoms with Crippen LogP contribution in [0.25, 0.3) is 0 Å². The zero-order valence-electron chi connectivity index (χ0n) is 9.40. The van der Waals surface area contributed by atoms with E-state index < -0.39 is 0 Å². The lowest BCUT2D eigenvalue weighted by Crippen LogP contribution is -2.26. The maximum atomic E-state index is 11.4. The summed E-state index contributed by atoms with van der Waals surface area (Å²) in [5.41, 5.74) is 6.15. The minimum absolute atomic E-state index is 0.0528. The van der Waals surface area contributed by atoms with E-state index in [9.17, 15) is 4.79 Å². The largest absolute Gasteiger partial charge is 0.397 e. The number of carbonyl (C=O) groups is 1. The van der Waals surface area contributed by atoms with Gasteiger partial charge in [0.15, 0.2) is 0 Å². The number of nitrogens with zero attached hydrogens (tertiary/aromatic N) is 1. The molecule has 0 radical (unpaired) electrons. The second-order valence-electron chi connectivity index (χ2n) is 3.42. The third-order valence-corrected chi connectivity index (χ3v) is 2.91. The van der Waals surface area contributed by atoms with Crippen molar-refractivity contribution in [3.05, 3.63) is 18.3 Å². The van der Waals surface area contributed by atoms with Crippen molar-refractivity contribution < 1.29 is 4.79 Å². The van der Waals surface area contributed by atoms with Crippen molar-refractivity contribution in [3.63, 3.8) is 0 Å². The first-order chi connectivity index (χ1) is 7.72. The molecule has 0 aromatic carbocycles. The number of nitrogens with two attached hydrogens (primary N) is 1. The summed E-state index contributed by atoms with van der Waals surface area (Å²) in [6.07, 6.45) is 3.71. The molecule has 0 spiro atoms. The molecule has 0 bridgehead atoms. The van der Waals surface area contributed by atoms with Gasteiger partial charge in [-0.2, -0.15) is 0 Å². The molecule has 0 fully saturated rings. The van der Waals surface area contributed by atoms with E-state index >= 15 is 0 Å². The molecule has 5 heteroatoms. The summed E-state index contributed by atoms with van der Waals surface area (Å²) in [6.45, 7) is 2.85. The Morgan fingerprint density at radius 1 is 1.56 bits per heavy atom. The molecule has 3 N–H and O–H groups in total. The summed E-state index contributed by atoms with van der Waals surface area (Å²) in [6, 6.07) is 3.60. The number of thioether (sulfide) groups is 1. The van der Waals surface area contributed by atoms with E-state index in [2.05, 4.69) is 17.2 Å². The standard InChI is InChI=1S/C11H17N3OS/c1-2-3-6-13-10(15)8-16-11-5-4-9(12)7-14-11/h4-5,7H,2-3,6,8,12H2,1H3,(H,13,15). The molecule has 1 amide bonds. The number of hydrogen-bond donors (Lipinski definition) is 2. The third-order valence-electron chi connectivity index (χ3n) is 1.96. The molecule has 1 aromatic heterocycles. The Hall–Kier alpha value is -1.23. The first-order valence-corrected chi connectivity index (χ1v) is 6.32. The monoisotopic (exact) mass is 239 g/mol. The van der Waals surface area contributed by atoms with Gasteiger partial charge in [-0.05, 0) is 18.6 Å². The number of anilines is 1. The van der Waals surface area contributed by atoms with Crippen LogP contribution in [0.1, 0.15) is 19.8 Å². The molecule has 0 saturated carbocycles. The molecule has 1 rings (SSSR count). The van der Waals surface area contributed by atoms with Crippen LogP contribution in [0.5, 0.6) is 0 Å². The number of nitrogen functional groups attached to an aromatic ring is 1. The SMILES string of the molecule is CCCCNC(=O)CSc1ccc(N)cn1. The Balaban J connectivity index is 2.23. The van der Waals surface area contributed by atoms with Crippen LogP contribution in [0.2, 0.25) is 0 Å². The molecule has 0 aliphatic rings. The van der Waals surface area contributed by atoms with Crippen molar-refractivity contribution in [1.82, 2.24) is 10.3 Å². The average molecular weight is 239 g/mol. The highest BCUT2D eigenvalue weighted by atomic mass is 32.2. The molecule has 0 unspecified atom stereocenters. The average Bonchev–Trinajstić information content (AvgIpc) is 2.29. The van der Waals surface area contributed by atoms with Gasteiger partial charge in [0, 0.05) is 6.54 Å². The van der Waals surface area contributed by atoms with E-state index in [1.54, 1.807) is 12.3 Å². The Bertz CT molecular complexity index is 327. The second kappa shape index (κ2) is 7.11. The topological polar surface area (TPSA) is 68.0 Å². The maximum absolute atomic E-state index is 11.4. The molecule has 0 atom stereocenters. The first kappa shape index (κ1) is 12.8. The summed E-state index contributed by atoms with van der Waals surface area (Å²) < 4.78 is 0. The minimum Gasteiger partial charge on any atom is -0.397 e. The van der Waals surface area contributed by atoms with Crippen LogP contribution in [0.3, 0.4) is 0 Å². The highest BCUT2D eigenvalue weighted by Gasteiger charge is 2.02. The van der Waals surface area contributed by atoms with Gasteiger partial charge in [0.25, 0.3) is 0 Å². The normalized spacial score (nSPS) is 10.1. The smallest absolute Gasteiger partial charge is 0.230 e. The van der Waals surface area contributed by atoms with Crippen LogP contribution in [0.15, 0.2) is 23.4 Å². The lowest BCUT2D eigenvalue weighted by molar-refractivity contribution is -0.118. The first-order valence-electron chi connectivity index (χ1n) is 5.33. The van der Waals surface area contributed by atoms with Gasteiger partial charge in [0.05, 0.1) is 22.7 Å². The van der Waals surface area contributed by atoms with Crippen LogP contribution in [0, 0.1) is 0 Å². The number of amides is 1. The zero-order valence-corrected chi connectivity index (χ0v) is 10.2. The summed E-state index contributed by atoms with van der Waals surface area (Å²) in [7, 11) is 0. The predicted octanol–water partition coefficient (Wildman–Crippen LogP) is 1.67. The van der Waals surface area contributed by atoms with Gasteiger partial charge in [0.1, 0.15) is 0 Å². The molecule has 4 nitrogen and oxygen atoms in total. The van der Waals surface area contributed by atoms with E-state index in [0.717, 1.165) is 24.4 Å². The lowest BCUT2D eigenvalue weighted by atomic mass is 10.3. The minimum atomic E-state index is 0.0528. The maximum Gasteiger partial charge on any atom is 0.230 e. The Kier molecular flexibility index (Phi) is 5.71. The summed E-state index contributed by atoms with van der Waals surface area (Å²) in [4.78, 5) is 15.5. The fraction of sp³-hybridized carbons (Fsp3) is 0.455. The van der Waals surface area contributed by atoms with Gasteiger partial charge >= 0.3 is 0 Å².